The molecular formula is C16H17ClN2OS. The van der Waals surface area contributed by atoms with Crippen molar-refractivity contribution in [3.05, 3.63) is 52.3 Å². The first kappa shape index (κ1) is 15.7. The van der Waals surface area contributed by atoms with E-state index < -0.39 is 0 Å². The fourth-order valence-corrected chi connectivity index (χ4v) is 2.49. The Morgan fingerprint density at radius 3 is 2.57 bits per heavy atom. The number of aryl methyl sites for hydroxylation is 1. The zero-order valence-corrected chi connectivity index (χ0v) is 13.8. The van der Waals surface area contributed by atoms with Crippen LogP contribution in [-0.2, 0) is 0 Å². The number of hydrogen-bond acceptors (Lipinski definition) is 3. The normalized spacial score (nSPS) is 10.7. The predicted octanol–water partition coefficient (Wildman–Crippen LogP) is 4.59. The van der Waals surface area contributed by atoms with Crippen LogP contribution in [0.1, 0.15) is 36.6 Å². The number of benzene rings is 1. The van der Waals surface area contributed by atoms with E-state index in [4.69, 9.17) is 34.3 Å². The van der Waals surface area contributed by atoms with Crippen molar-refractivity contribution >= 4 is 28.8 Å². The summed E-state index contributed by atoms with van der Waals surface area (Å²) in [7, 11) is 0. The molecule has 0 aliphatic carbocycles. The summed E-state index contributed by atoms with van der Waals surface area (Å²) in [6, 6.07) is 7.43. The minimum absolute atomic E-state index is 0.270. The molecule has 0 spiro atoms. The van der Waals surface area contributed by atoms with Gasteiger partial charge in [-0.15, -0.1) is 0 Å². The Hall–Kier alpha value is -1.65. The molecule has 0 radical (unpaired) electrons. The molecular weight excluding hydrogens is 304 g/mol. The molecule has 0 atom stereocenters. The second-order valence-electron chi connectivity index (χ2n) is 5.14. The minimum Gasteiger partial charge on any atom is -0.455 e. The highest BCUT2D eigenvalue weighted by molar-refractivity contribution is 7.80. The largest absolute Gasteiger partial charge is 0.455 e. The zero-order chi connectivity index (χ0) is 15.6. The van der Waals surface area contributed by atoms with Gasteiger partial charge >= 0.3 is 0 Å². The molecule has 3 nitrogen and oxygen atoms in total. The van der Waals surface area contributed by atoms with Gasteiger partial charge in [0, 0.05) is 5.02 Å². The Balaban J connectivity index is 2.30. The summed E-state index contributed by atoms with van der Waals surface area (Å²) in [6.07, 6.45) is 1.61. The summed E-state index contributed by atoms with van der Waals surface area (Å²) in [6.45, 7) is 6.15. The number of ether oxygens (including phenoxy) is 1. The molecule has 1 aromatic carbocycles. The average molecular weight is 321 g/mol. The smallest absolute Gasteiger partial charge is 0.145 e. The Morgan fingerprint density at radius 1 is 1.33 bits per heavy atom. The number of pyridine rings is 1. The van der Waals surface area contributed by atoms with Gasteiger partial charge in [0.2, 0.25) is 0 Å². The van der Waals surface area contributed by atoms with Crippen molar-refractivity contribution in [1.29, 1.82) is 0 Å². The average Bonchev–Trinajstić information content (AvgIpc) is 2.42. The maximum Gasteiger partial charge on any atom is 0.145 e. The van der Waals surface area contributed by atoms with Crippen LogP contribution < -0.4 is 10.5 Å². The lowest BCUT2D eigenvalue weighted by atomic mass is 10.0. The zero-order valence-electron chi connectivity index (χ0n) is 12.2. The SMILES string of the molecule is Cc1cc(Cl)c(C(C)C)cc1Oc1ccc(C(N)=S)nc1. The van der Waals surface area contributed by atoms with Gasteiger partial charge in [-0.25, -0.2) is 4.98 Å². The van der Waals surface area contributed by atoms with Crippen molar-refractivity contribution in [2.45, 2.75) is 26.7 Å². The number of nitrogens with two attached hydrogens (primary N) is 1. The van der Waals surface area contributed by atoms with Crippen LogP contribution in [0.4, 0.5) is 0 Å². The Morgan fingerprint density at radius 2 is 2.05 bits per heavy atom. The Bertz CT molecular complexity index is 669. The molecule has 2 rings (SSSR count). The summed E-state index contributed by atoms with van der Waals surface area (Å²) in [5.41, 5.74) is 8.14. The number of nitrogens with zero attached hydrogens (tertiary/aromatic N) is 1. The molecule has 110 valence electrons. The molecule has 5 heteroatoms. The standard InChI is InChI=1S/C16H17ClN2OS/c1-9(2)12-7-15(10(3)6-13(12)17)20-11-4-5-14(16(18)21)19-8-11/h4-9H,1-3H3,(H2,18,21). The molecule has 21 heavy (non-hydrogen) atoms. The third kappa shape index (κ3) is 3.71. The predicted molar refractivity (Wildman–Crippen MR) is 90.5 cm³/mol. The molecule has 0 saturated carbocycles. The number of aromatic nitrogens is 1. The number of hydrogen-bond donors (Lipinski definition) is 1. The number of thiocarbonyl (C=S) groups is 1. The van der Waals surface area contributed by atoms with E-state index >= 15 is 0 Å². The van der Waals surface area contributed by atoms with Crippen molar-refractivity contribution in [2.24, 2.45) is 5.73 Å². The highest BCUT2D eigenvalue weighted by Crippen LogP contribution is 2.33. The molecule has 2 aromatic rings. The van der Waals surface area contributed by atoms with E-state index in [1.165, 1.54) is 0 Å². The number of rotatable bonds is 4. The van der Waals surface area contributed by atoms with Crippen molar-refractivity contribution in [3.63, 3.8) is 0 Å². The minimum atomic E-state index is 0.270. The van der Waals surface area contributed by atoms with Gasteiger partial charge < -0.3 is 10.5 Å². The molecule has 0 bridgehead atoms. The highest BCUT2D eigenvalue weighted by atomic mass is 35.5. The Kier molecular flexibility index (Phi) is 4.80. The van der Waals surface area contributed by atoms with Crippen LogP contribution in [0.25, 0.3) is 0 Å². The van der Waals surface area contributed by atoms with E-state index in [2.05, 4.69) is 18.8 Å². The first-order valence-electron chi connectivity index (χ1n) is 6.62. The third-order valence-electron chi connectivity index (χ3n) is 3.13. The van der Waals surface area contributed by atoms with Crippen molar-refractivity contribution in [3.8, 4) is 11.5 Å². The molecule has 0 amide bonds. The second kappa shape index (κ2) is 6.41. The third-order valence-corrected chi connectivity index (χ3v) is 3.67. The van der Waals surface area contributed by atoms with Gasteiger partial charge in [-0.2, -0.15) is 0 Å². The second-order valence-corrected chi connectivity index (χ2v) is 5.99. The van der Waals surface area contributed by atoms with E-state index in [1.807, 2.05) is 19.1 Å². The maximum absolute atomic E-state index is 6.26. The highest BCUT2D eigenvalue weighted by Gasteiger charge is 2.11. The monoisotopic (exact) mass is 320 g/mol. The van der Waals surface area contributed by atoms with Gasteiger partial charge in [0.25, 0.3) is 0 Å². The molecule has 0 aliphatic heterocycles. The lowest BCUT2D eigenvalue weighted by molar-refractivity contribution is 0.475. The van der Waals surface area contributed by atoms with Crippen LogP contribution in [0.5, 0.6) is 11.5 Å². The summed E-state index contributed by atoms with van der Waals surface area (Å²) in [5, 5.41) is 0.761. The lowest BCUT2D eigenvalue weighted by Gasteiger charge is -2.14. The van der Waals surface area contributed by atoms with Gasteiger partial charge in [0.1, 0.15) is 16.5 Å². The van der Waals surface area contributed by atoms with Crippen LogP contribution >= 0.6 is 23.8 Å². The van der Waals surface area contributed by atoms with E-state index in [0.29, 0.717) is 17.4 Å². The van der Waals surface area contributed by atoms with Crippen molar-refractivity contribution in [2.75, 3.05) is 0 Å². The van der Waals surface area contributed by atoms with Crippen molar-refractivity contribution in [1.82, 2.24) is 4.98 Å². The molecule has 2 N–H and O–H groups in total. The van der Waals surface area contributed by atoms with Gasteiger partial charge in [-0.05, 0) is 48.2 Å². The van der Waals surface area contributed by atoms with E-state index in [1.54, 1.807) is 18.3 Å². The molecule has 0 fully saturated rings. The van der Waals surface area contributed by atoms with Crippen LogP contribution in [0, 0.1) is 6.92 Å². The quantitative estimate of drug-likeness (QED) is 0.837. The van der Waals surface area contributed by atoms with Crippen LogP contribution in [0.15, 0.2) is 30.5 Å². The lowest BCUT2D eigenvalue weighted by Crippen LogP contribution is -2.10. The van der Waals surface area contributed by atoms with E-state index in [0.717, 1.165) is 21.9 Å². The van der Waals surface area contributed by atoms with Gasteiger partial charge in [-0.1, -0.05) is 37.7 Å². The topological polar surface area (TPSA) is 48.1 Å². The van der Waals surface area contributed by atoms with Crippen LogP contribution in [0.2, 0.25) is 5.02 Å². The molecule has 0 saturated heterocycles. The van der Waals surface area contributed by atoms with Crippen LogP contribution in [0.3, 0.4) is 0 Å². The summed E-state index contributed by atoms with van der Waals surface area (Å²) in [4.78, 5) is 4.43. The summed E-state index contributed by atoms with van der Waals surface area (Å²) < 4.78 is 5.88. The molecule has 1 aromatic heterocycles. The molecule has 0 aliphatic rings. The molecule has 0 unspecified atom stereocenters. The van der Waals surface area contributed by atoms with E-state index in [-0.39, 0.29) is 4.99 Å². The van der Waals surface area contributed by atoms with E-state index in [9.17, 15) is 0 Å². The number of halogens is 1. The van der Waals surface area contributed by atoms with Gasteiger partial charge in [0.15, 0.2) is 0 Å². The van der Waals surface area contributed by atoms with Gasteiger partial charge in [0.05, 0.1) is 11.9 Å². The first-order valence-corrected chi connectivity index (χ1v) is 7.41. The molecule has 1 heterocycles. The Labute approximate surface area is 135 Å². The summed E-state index contributed by atoms with van der Waals surface area (Å²) >= 11 is 11.1. The fourth-order valence-electron chi connectivity index (χ4n) is 1.93. The van der Waals surface area contributed by atoms with Gasteiger partial charge in [-0.3, -0.25) is 0 Å². The van der Waals surface area contributed by atoms with Crippen molar-refractivity contribution < 1.29 is 4.74 Å². The summed E-state index contributed by atoms with van der Waals surface area (Å²) in [5.74, 6) is 1.73. The first-order chi connectivity index (χ1) is 9.88. The fraction of sp³-hybridized carbons (Fsp3) is 0.250. The maximum atomic E-state index is 6.26. The van der Waals surface area contributed by atoms with Crippen LogP contribution in [-0.4, -0.2) is 9.97 Å².